The monoisotopic (exact) mass is 236 g/mol. The highest BCUT2D eigenvalue weighted by Gasteiger charge is 2.12. The van der Waals surface area contributed by atoms with Crippen molar-refractivity contribution in [2.24, 2.45) is 5.92 Å². The van der Waals surface area contributed by atoms with E-state index in [1.165, 1.54) is 0 Å². The molecule has 0 amide bonds. The van der Waals surface area contributed by atoms with Crippen LogP contribution in [0.2, 0.25) is 0 Å². The van der Waals surface area contributed by atoms with E-state index in [9.17, 15) is 0 Å². The first-order chi connectivity index (χ1) is 7.97. The molecule has 1 heterocycles. The second kappa shape index (κ2) is 6.45. The van der Waals surface area contributed by atoms with E-state index >= 15 is 0 Å². The van der Waals surface area contributed by atoms with E-state index in [1.807, 2.05) is 12.1 Å². The van der Waals surface area contributed by atoms with Crippen molar-refractivity contribution in [1.29, 1.82) is 0 Å². The van der Waals surface area contributed by atoms with E-state index in [-0.39, 0.29) is 0 Å². The van der Waals surface area contributed by atoms with Gasteiger partial charge in [-0.25, -0.2) is 4.98 Å². The van der Waals surface area contributed by atoms with Crippen LogP contribution in [0.25, 0.3) is 0 Å². The summed E-state index contributed by atoms with van der Waals surface area (Å²) >= 11 is 0. The van der Waals surface area contributed by atoms with Crippen molar-refractivity contribution in [3.63, 3.8) is 0 Å². The lowest BCUT2D eigenvalue weighted by Crippen LogP contribution is -2.33. The first-order valence-corrected chi connectivity index (χ1v) is 6.10. The summed E-state index contributed by atoms with van der Waals surface area (Å²) in [5.41, 5.74) is 6.72. The normalized spacial score (nSPS) is 13.1. The first kappa shape index (κ1) is 13.8. The van der Waals surface area contributed by atoms with Gasteiger partial charge in [0.15, 0.2) is 0 Å². The summed E-state index contributed by atoms with van der Waals surface area (Å²) in [6, 6.07) is 4.27. The van der Waals surface area contributed by atoms with Crippen molar-refractivity contribution in [1.82, 2.24) is 9.88 Å². The molecule has 96 valence electrons. The van der Waals surface area contributed by atoms with Crippen LogP contribution in [0.4, 0.5) is 11.5 Å². The van der Waals surface area contributed by atoms with Gasteiger partial charge in [-0.3, -0.25) is 0 Å². The predicted molar refractivity (Wildman–Crippen MR) is 74.1 cm³/mol. The fraction of sp³-hybridized carbons (Fsp3) is 0.615. The summed E-state index contributed by atoms with van der Waals surface area (Å²) in [5.74, 6) is 1.23. The van der Waals surface area contributed by atoms with Crippen molar-refractivity contribution in [2.45, 2.75) is 26.3 Å². The molecule has 0 aliphatic rings. The minimum Gasteiger partial charge on any atom is -0.384 e. The average Bonchev–Trinajstić information content (AvgIpc) is 2.14. The highest BCUT2D eigenvalue weighted by Crippen LogP contribution is 2.14. The van der Waals surface area contributed by atoms with Gasteiger partial charge in [0.1, 0.15) is 5.82 Å². The smallest absolute Gasteiger partial charge is 0.125 e. The Morgan fingerprint density at radius 1 is 1.41 bits per heavy atom. The molecule has 0 aromatic carbocycles. The fourth-order valence-electron chi connectivity index (χ4n) is 1.96. The van der Waals surface area contributed by atoms with Crippen molar-refractivity contribution >= 4 is 11.5 Å². The Hall–Kier alpha value is -1.29. The molecule has 0 saturated heterocycles. The maximum absolute atomic E-state index is 5.68. The molecule has 0 radical (unpaired) electrons. The van der Waals surface area contributed by atoms with Gasteiger partial charge in [-0.15, -0.1) is 0 Å². The van der Waals surface area contributed by atoms with Crippen LogP contribution in [-0.2, 0) is 0 Å². The lowest BCUT2D eigenvalue weighted by atomic mass is 10.0. The van der Waals surface area contributed by atoms with Gasteiger partial charge in [-0.05, 0) is 32.5 Å². The number of hydrogen-bond donors (Lipinski definition) is 2. The zero-order valence-electron chi connectivity index (χ0n) is 11.3. The van der Waals surface area contributed by atoms with Crippen LogP contribution >= 0.6 is 0 Å². The molecular formula is C13H24N4. The van der Waals surface area contributed by atoms with Crippen LogP contribution in [0.1, 0.15) is 20.3 Å². The summed E-state index contributed by atoms with van der Waals surface area (Å²) < 4.78 is 0. The van der Waals surface area contributed by atoms with E-state index < -0.39 is 0 Å². The third-order valence-corrected chi connectivity index (χ3v) is 2.49. The SMILES string of the molecule is CC(C)CC(CN(C)C)Nc1ccnc(N)c1. The highest BCUT2D eigenvalue weighted by molar-refractivity contribution is 5.50. The highest BCUT2D eigenvalue weighted by atomic mass is 15.1. The molecule has 0 spiro atoms. The molecular weight excluding hydrogens is 212 g/mol. The zero-order chi connectivity index (χ0) is 12.8. The van der Waals surface area contributed by atoms with E-state index in [4.69, 9.17) is 5.73 Å². The molecule has 1 rings (SSSR count). The Morgan fingerprint density at radius 2 is 2.12 bits per heavy atom. The van der Waals surface area contributed by atoms with E-state index in [2.05, 4.69) is 43.1 Å². The van der Waals surface area contributed by atoms with Gasteiger partial charge in [0.2, 0.25) is 0 Å². The minimum absolute atomic E-state index is 0.437. The van der Waals surface area contributed by atoms with Crippen LogP contribution in [0.15, 0.2) is 18.3 Å². The van der Waals surface area contributed by atoms with Gasteiger partial charge in [-0.1, -0.05) is 13.8 Å². The molecule has 0 bridgehead atoms. The molecule has 0 aliphatic heterocycles. The van der Waals surface area contributed by atoms with Crippen molar-refractivity contribution in [2.75, 3.05) is 31.7 Å². The number of likely N-dealkylation sites (N-methyl/N-ethyl adjacent to an activating group) is 1. The van der Waals surface area contributed by atoms with Crippen molar-refractivity contribution < 1.29 is 0 Å². The molecule has 1 atom stereocenters. The molecule has 17 heavy (non-hydrogen) atoms. The van der Waals surface area contributed by atoms with Gasteiger partial charge < -0.3 is 16.0 Å². The second-order valence-electron chi connectivity index (χ2n) is 5.20. The van der Waals surface area contributed by atoms with E-state index in [1.54, 1.807) is 6.20 Å². The summed E-state index contributed by atoms with van der Waals surface area (Å²) in [6.45, 7) is 5.50. The number of rotatable bonds is 6. The van der Waals surface area contributed by atoms with Crippen LogP contribution in [0.5, 0.6) is 0 Å². The third kappa shape index (κ3) is 5.54. The van der Waals surface area contributed by atoms with E-state index in [0.29, 0.717) is 17.8 Å². The summed E-state index contributed by atoms with van der Waals surface area (Å²) in [5, 5.41) is 3.52. The number of nitrogens with one attached hydrogen (secondary N) is 1. The molecule has 0 saturated carbocycles. The van der Waals surface area contributed by atoms with Crippen LogP contribution in [0, 0.1) is 5.92 Å². The van der Waals surface area contributed by atoms with Crippen molar-refractivity contribution in [3.8, 4) is 0 Å². The molecule has 1 aromatic heterocycles. The molecule has 4 nitrogen and oxygen atoms in total. The topological polar surface area (TPSA) is 54.2 Å². The average molecular weight is 236 g/mol. The predicted octanol–water partition coefficient (Wildman–Crippen LogP) is 2.05. The molecule has 4 heteroatoms. The number of nitrogens with zero attached hydrogens (tertiary/aromatic N) is 2. The Labute approximate surface area is 104 Å². The standard InChI is InChI=1S/C13H24N4/c1-10(2)7-12(9-17(3)4)16-11-5-6-15-13(14)8-11/h5-6,8,10,12H,7,9H2,1-4H3,(H3,14,15,16). The Bertz CT molecular complexity index is 326. The van der Waals surface area contributed by atoms with Crippen LogP contribution in [0.3, 0.4) is 0 Å². The molecule has 0 fully saturated rings. The van der Waals surface area contributed by atoms with Gasteiger partial charge in [-0.2, -0.15) is 0 Å². The van der Waals surface area contributed by atoms with Crippen LogP contribution < -0.4 is 11.1 Å². The lowest BCUT2D eigenvalue weighted by Gasteiger charge is -2.25. The lowest BCUT2D eigenvalue weighted by molar-refractivity contribution is 0.356. The Balaban J connectivity index is 2.64. The summed E-state index contributed by atoms with van der Waals surface area (Å²) in [7, 11) is 4.19. The molecule has 1 unspecified atom stereocenters. The Morgan fingerprint density at radius 3 is 2.65 bits per heavy atom. The number of pyridine rings is 1. The fourth-order valence-corrected chi connectivity index (χ4v) is 1.96. The molecule has 0 aliphatic carbocycles. The maximum Gasteiger partial charge on any atom is 0.125 e. The van der Waals surface area contributed by atoms with Gasteiger partial charge in [0.05, 0.1) is 0 Å². The van der Waals surface area contributed by atoms with Gasteiger partial charge in [0, 0.05) is 30.5 Å². The van der Waals surface area contributed by atoms with E-state index in [0.717, 1.165) is 18.7 Å². The molecule has 1 aromatic rings. The largest absolute Gasteiger partial charge is 0.384 e. The number of anilines is 2. The first-order valence-electron chi connectivity index (χ1n) is 6.10. The number of hydrogen-bond acceptors (Lipinski definition) is 4. The summed E-state index contributed by atoms with van der Waals surface area (Å²) in [6.07, 6.45) is 2.88. The van der Waals surface area contributed by atoms with Gasteiger partial charge >= 0.3 is 0 Å². The number of nitrogen functional groups attached to an aromatic ring is 1. The molecule has 3 N–H and O–H groups in total. The van der Waals surface area contributed by atoms with Crippen LogP contribution in [-0.4, -0.2) is 36.6 Å². The maximum atomic E-state index is 5.68. The number of nitrogens with two attached hydrogens (primary N) is 1. The second-order valence-corrected chi connectivity index (χ2v) is 5.20. The third-order valence-electron chi connectivity index (χ3n) is 2.49. The number of aromatic nitrogens is 1. The van der Waals surface area contributed by atoms with Crippen molar-refractivity contribution in [3.05, 3.63) is 18.3 Å². The minimum atomic E-state index is 0.437. The zero-order valence-corrected chi connectivity index (χ0v) is 11.3. The summed E-state index contributed by atoms with van der Waals surface area (Å²) in [4.78, 5) is 6.20. The quantitative estimate of drug-likeness (QED) is 0.794. The Kier molecular flexibility index (Phi) is 5.22. The van der Waals surface area contributed by atoms with Gasteiger partial charge in [0.25, 0.3) is 0 Å².